The van der Waals surface area contributed by atoms with E-state index in [-0.39, 0.29) is 5.56 Å². The van der Waals surface area contributed by atoms with E-state index >= 15 is 0 Å². The first kappa shape index (κ1) is 17.0. The summed E-state index contributed by atoms with van der Waals surface area (Å²) >= 11 is 0. The molecule has 0 aliphatic carbocycles. The second kappa shape index (κ2) is 7.44. The Kier molecular flexibility index (Phi) is 4.87. The fraction of sp³-hybridized carbons (Fsp3) is 0.318. The summed E-state index contributed by atoms with van der Waals surface area (Å²) in [6.45, 7) is 5.65. The van der Waals surface area contributed by atoms with Crippen molar-refractivity contribution < 1.29 is 0 Å². The van der Waals surface area contributed by atoms with E-state index in [0.29, 0.717) is 12.6 Å². The van der Waals surface area contributed by atoms with E-state index in [1.165, 1.54) is 11.1 Å². The second-order valence-corrected chi connectivity index (χ2v) is 7.00. The van der Waals surface area contributed by atoms with Crippen molar-refractivity contribution in [3.8, 4) is 0 Å². The molecule has 1 aromatic heterocycles. The summed E-state index contributed by atoms with van der Waals surface area (Å²) in [5, 5.41) is 4.58. The first-order valence-corrected chi connectivity index (χ1v) is 9.39. The molecule has 1 saturated heterocycles. The van der Waals surface area contributed by atoms with E-state index in [1.807, 2.05) is 30.3 Å². The lowest BCUT2D eigenvalue weighted by molar-refractivity contribution is 0.153. The minimum atomic E-state index is 0.0160. The maximum Gasteiger partial charge on any atom is 0.252 e. The number of benzene rings is 2. The van der Waals surface area contributed by atoms with E-state index in [0.717, 1.165) is 42.5 Å². The molecule has 1 aliphatic rings. The van der Waals surface area contributed by atoms with E-state index in [4.69, 9.17) is 0 Å². The molecule has 1 unspecified atom stereocenters. The highest BCUT2D eigenvalue weighted by atomic mass is 16.1. The van der Waals surface area contributed by atoms with Crippen LogP contribution in [0.2, 0.25) is 0 Å². The number of hydrogen-bond acceptors (Lipinski definition) is 3. The number of nitrogens with zero attached hydrogens (tertiary/aromatic N) is 1. The van der Waals surface area contributed by atoms with Crippen LogP contribution in [0.25, 0.3) is 10.9 Å². The predicted octanol–water partition coefficient (Wildman–Crippen LogP) is 3.24. The Labute approximate surface area is 153 Å². The number of aromatic nitrogens is 1. The summed E-state index contributed by atoms with van der Waals surface area (Å²) in [5.41, 5.74) is 4.41. The summed E-state index contributed by atoms with van der Waals surface area (Å²) in [4.78, 5) is 18.0. The van der Waals surface area contributed by atoms with Gasteiger partial charge in [0.2, 0.25) is 0 Å². The fourth-order valence-corrected chi connectivity index (χ4v) is 3.77. The number of pyridine rings is 1. The monoisotopic (exact) mass is 347 g/mol. The number of para-hydroxylation sites is 1. The van der Waals surface area contributed by atoms with E-state index in [2.05, 4.69) is 46.4 Å². The van der Waals surface area contributed by atoms with Gasteiger partial charge in [0, 0.05) is 43.3 Å². The number of H-pyrrole nitrogens is 1. The van der Waals surface area contributed by atoms with Crippen molar-refractivity contribution in [2.45, 2.75) is 25.9 Å². The number of hydrogen-bond donors (Lipinski definition) is 2. The molecule has 1 aliphatic heterocycles. The maximum absolute atomic E-state index is 12.5. The first-order valence-electron chi connectivity index (χ1n) is 9.39. The van der Waals surface area contributed by atoms with Crippen LogP contribution >= 0.6 is 0 Å². The average molecular weight is 347 g/mol. The quantitative estimate of drug-likeness (QED) is 0.762. The molecule has 0 saturated carbocycles. The molecule has 0 spiro atoms. The predicted molar refractivity (Wildman–Crippen MR) is 106 cm³/mol. The third-order valence-corrected chi connectivity index (χ3v) is 5.33. The Morgan fingerprint density at radius 1 is 1.12 bits per heavy atom. The van der Waals surface area contributed by atoms with Gasteiger partial charge in [-0.15, -0.1) is 0 Å². The Morgan fingerprint density at radius 3 is 2.73 bits per heavy atom. The lowest BCUT2D eigenvalue weighted by Gasteiger charge is -2.36. The minimum Gasteiger partial charge on any atom is -0.322 e. The Balaban J connectivity index is 1.62. The zero-order chi connectivity index (χ0) is 17.9. The molecule has 0 bridgehead atoms. The van der Waals surface area contributed by atoms with Crippen molar-refractivity contribution in [2.24, 2.45) is 0 Å². The number of aryl methyl sites for hydroxylation is 1. The first-order chi connectivity index (χ1) is 12.7. The lowest BCUT2D eigenvalue weighted by Crippen LogP contribution is -2.46. The van der Waals surface area contributed by atoms with Crippen LogP contribution in [0, 0.1) is 0 Å². The number of piperazine rings is 1. The van der Waals surface area contributed by atoms with Crippen LogP contribution in [0.5, 0.6) is 0 Å². The van der Waals surface area contributed by atoms with Crippen molar-refractivity contribution in [2.75, 3.05) is 19.6 Å². The Bertz CT molecular complexity index is 946. The molecule has 4 nitrogen and oxygen atoms in total. The zero-order valence-corrected chi connectivity index (χ0v) is 15.2. The maximum atomic E-state index is 12.5. The highest BCUT2D eigenvalue weighted by Crippen LogP contribution is 2.24. The molecule has 2 heterocycles. The van der Waals surface area contributed by atoms with Gasteiger partial charge in [-0.2, -0.15) is 0 Å². The Hall–Kier alpha value is -2.43. The lowest BCUT2D eigenvalue weighted by atomic mass is 10.00. The molecule has 3 aromatic rings. The molecule has 1 atom stereocenters. The molecule has 26 heavy (non-hydrogen) atoms. The van der Waals surface area contributed by atoms with Gasteiger partial charge >= 0.3 is 0 Å². The van der Waals surface area contributed by atoms with Crippen LogP contribution < -0.4 is 10.9 Å². The van der Waals surface area contributed by atoms with Crippen LogP contribution in [-0.4, -0.2) is 29.5 Å². The van der Waals surface area contributed by atoms with Crippen LogP contribution in [0.15, 0.2) is 59.4 Å². The molecule has 0 amide bonds. The van der Waals surface area contributed by atoms with Gasteiger partial charge in [-0.25, -0.2) is 0 Å². The molecule has 1 fully saturated rings. The normalized spacial score (nSPS) is 18.3. The summed E-state index contributed by atoms with van der Waals surface area (Å²) in [6, 6.07) is 19.2. The zero-order valence-electron chi connectivity index (χ0n) is 15.2. The summed E-state index contributed by atoms with van der Waals surface area (Å²) in [5.74, 6) is 0. The van der Waals surface area contributed by atoms with E-state index in [9.17, 15) is 4.79 Å². The van der Waals surface area contributed by atoms with Gasteiger partial charge in [0.25, 0.3) is 5.56 Å². The van der Waals surface area contributed by atoms with Crippen LogP contribution in [-0.2, 0) is 13.0 Å². The highest BCUT2D eigenvalue weighted by Gasteiger charge is 2.24. The number of rotatable bonds is 4. The molecule has 2 aromatic carbocycles. The standard InChI is InChI=1S/C22H25N3O/c1-2-16-7-9-17(10-8-16)21-14-23-11-12-25(21)15-19-13-18-5-3-4-6-20(18)24-22(19)26/h3-10,13,21,23H,2,11-12,14-15H2,1H3,(H,24,26). The topological polar surface area (TPSA) is 48.1 Å². The van der Waals surface area contributed by atoms with Gasteiger partial charge in [-0.3, -0.25) is 9.69 Å². The van der Waals surface area contributed by atoms with Crippen LogP contribution in [0.3, 0.4) is 0 Å². The van der Waals surface area contributed by atoms with Crippen LogP contribution in [0.1, 0.15) is 29.7 Å². The van der Waals surface area contributed by atoms with Crippen molar-refractivity contribution in [3.05, 3.63) is 81.6 Å². The fourth-order valence-electron chi connectivity index (χ4n) is 3.77. The largest absolute Gasteiger partial charge is 0.322 e. The molecule has 4 heteroatoms. The van der Waals surface area contributed by atoms with Crippen molar-refractivity contribution in [1.82, 2.24) is 15.2 Å². The molecule has 2 N–H and O–H groups in total. The van der Waals surface area contributed by atoms with Gasteiger partial charge < -0.3 is 10.3 Å². The van der Waals surface area contributed by atoms with Gasteiger partial charge in [-0.05, 0) is 35.1 Å². The summed E-state index contributed by atoms with van der Waals surface area (Å²) in [6.07, 6.45) is 1.05. The van der Waals surface area contributed by atoms with Gasteiger partial charge in [0.1, 0.15) is 0 Å². The van der Waals surface area contributed by atoms with Crippen LogP contribution in [0.4, 0.5) is 0 Å². The smallest absolute Gasteiger partial charge is 0.252 e. The molecule has 134 valence electrons. The van der Waals surface area contributed by atoms with Gasteiger partial charge in [0.05, 0.1) is 0 Å². The number of aromatic amines is 1. The summed E-state index contributed by atoms with van der Waals surface area (Å²) < 4.78 is 0. The van der Waals surface area contributed by atoms with Gasteiger partial charge in [-0.1, -0.05) is 49.4 Å². The van der Waals surface area contributed by atoms with E-state index < -0.39 is 0 Å². The van der Waals surface area contributed by atoms with Crippen molar-refractivity contribution in [3.63, 3.8) is 0 Å². The Morgan fingerprint density at radius 2 is 1.92 bits per heavy atom. The third-order valence-electron chi connectivity index (χ3n) is 5.33. The molecular formula is C22H25N3O. The number of fused-ring (bicyclic) bond motifs is 1. The molecule has 0 radical (unpaired) electrons. The van der Waals surface area contributed by atoms with E-state index in [1.54, 1.807) is 0 Å². The minimum absolute atomic E-state index is 0.0160. The molecule has 4 rings (SSSR count). The SMILES string of the molecule is CCc1ccc(C2CNCCN2Cc2cc3ccccc3[nH]c2=O)cc1. The molecular weight excluding hydrogens is 322 g/mol. The van der Waals surface area contributed by atoms with Gasteiger partial charge in [0.15, 0.2) is 0 Å². The average Bonchev–Trinajstić information content (AvgIpc) is 2.69. The number of nitrogens with one attached hydrogen (secondary N) is 2. The third kappa shape index (κ3) is 3.43. The second-order valence-electron chi connectivity index (χ2n) is 7.00. The van der Waals surface area contributed by atoms with Crippen molar-refractivity contribution >= 4 is 10.9 Å². The summed E-state index contributed by atoms with van der Waals surface area (Å²) in [7, 11) is 0. The van der Waals surface area contributed by atoms with Crippen molar-refractivity contribution in [1.29, 1.82) is 0 Å². The highest BCUT2D eigenvalue weighted by molar-refractivity contribution is 5.78.